The van der Waals surface area contributed by atoms with E-state index in [-0.39, 0.29) is 5.66 Å². The Balaban J connectivity index is 2.37. The van der Waals surface area contributed by atoms with Gasteiger partial charge in [0.2, 0.25) is 5.66 Å². The molecule has 74 valence electrons. The smallest absolute Gasteiger partial charge is 0.213 e. The Morgan fingerprint density at radius 2 is 2.07 bits per heavy atom. The van der Waals surface area contributed by atoms with E-state index in [1.54, 1.807) is 7.11 Å². The minimum Gasteiger partial charge on any atom is -0.496 e. The third-order valence-corrected chi connectivity index (χ3v) is 2.61. The van der Waals surface area contributed by atoms with Crippen molar-refractivity contribution in [3.8, 4) is 5.75 Å². The first kappa shape index (κ1) is 9.19. The number of aryl methyl sites for hydroxylation is 1. The van der Waals surface area contributed by atoms with Crippen LogP contribution >= 0.6 is 0 Å². The lowest BCUT2D eigenvalue weighted by Gasteiger charge is -2.10. The first-order chi connectivity index (χ1) is 6.69. The maximum Gasteiger partial charge on any atom is 0.213 e. The van der Waals surface area contributed by atoms with Crippen LogP contribution in [0, 0.1) is 0 Å². The van der Waals surface area contributed by atoms with Gasteiger partial charge in [-0.05, 0) is 25.0 Å². The van der Waals surface area contributed by atoms with Gasteiger partial charge in [-0.15, -0.1) is 0 Å². The van der Waals surface area contributed by atoms with Crippen LogP contribution in [-0.4, -0.2) is 7.11 Å². The molecule has 1 heterocycles. The summed E-state index contributed by atoms with van der Waals surface area (Å²) in [5.74, 6) is 0.934. The second-order valence-corrected chi connectivity index (χ2v) is 3.60. The molecule has 0 bridgehead atoms. The molecule has 0 spiro atoms. The maximum absolute atomic E-state index is 5.32. The van der Waals surface area contributed by atoms with Crippen molar-refractivity contribution in [2.75, 3.05) is 7.11 Å². The third-order valence-electron chi connectivity index (χ3n) is 2.61. The van der Waals surface area contributed by atoms with Crippen molar-refractivity contribution in [1.29, 1.82) is 0 Å². The molecule has 0 N–H and O–H groups in total. The summed E-state index contributed by atoms with van der Waals surface area (Å²) in [6.45, 7) is 4.11. The zero-order valence-corrected chi connectivity index (χ0v) is 8.74. The van der Waals surface area contributed by atoms with Gasteiger partial charge < -0.3 is 4.74 Å². The third kappa shape index (κ3) is 1.39. The summed E-state index contributed by atoms with van der Waals surface area (Å²) in [4.78, 5) is 0. The Hall–Kier alpha value is -1.38. The molecule has 0 atom stereocenters. The second-order valence-electron chi connectivity index (χ2n) is 3.60. The fourth-order valence-corrected chi connectivity index (χ4v) is 1.52. The first-order valence-electron chi connectivity index (χ1n) is 4.81. The highest BCUT2D eigenvalue weighted by molar-refractivity contribution is 5.41. The quantitative estimate of drug-likeness (QED) is 0.721. The topological polar surface area (TPSA) is 34.0 Å². The van der Waals surface area contributed by atoms with E-state index < -0.39 is 0 Å². The summed E-state index contributed by atoms with van der Waals surface area (Å²) in [6, 6.07) is 6.18. The Bertz CT molecular complexity index is 379. The van der Waals surface area contributed by atoms with E-state index in [0.717, 1.165) is 17.7 Å². The average molecular weight is 190 g/mol. The number of hydrogen-bond acceptors (Lipinski definition) is 3. The Morgan fingerprint density at radius 3 is 2.57 bits per heavy atom. The highest BCUT2D eigenvalue weighted by Crippen LogP contribution is 2.40. The predicted octanol–water partition coefficient (Wildman–Crippen LogP) is 2.90. The summed E-state index contributed by atoms with van der Waals surface area (Å²) in [7, 11) is 1.70. The molecule has 1 aliphatic rings. The van der Waals surface area contributed by atoms with E-state index in [9.17, 15) is 0 Å². The Morgan fingerprint density at radius 1 is 1.36 bits per heavy atom. The molecule has 0 aromatic heterocycles. The van der Waals surface area contributed by atoms with Gasteiger partial charge in [-0.2, -0.15) is 10.2 Å². The van der Waals surface area contributed by atoms with Crippen molar-refractivity contribution in [2.24, 2.45) is 10.2 Å². The van der Waals surface area contributed by atoms with E-state index in [1.165, 1.54) is 5.56 Å². The lowest BCUT2D eigenvalue weighted by Crippen LogP contribution is -2.03. The second kappa shape index (κ2) is 3.08. The minimum absolute atomic E-state index is 0.306. The Kier molecular flexibility index (Phi) is 2.02. The summed E-state index contributed by atoms with van der Waals surface area (Å²) in [6.07, 6.45) is 0.981. The molecule has 1 aromatic carbocycles. The molecular formula is C11H14N2O. The van der Waals surface area contributed by atoms with Crippen LogP contribution in [0.4, 0.5) is 0 Å². The van der Waals surface area contributed by atoms with Crippen molar-refractivity contribution in [3.05, 3.63) is 29.3 Å². The van der Waals surface area contributed by atoms with Gasteiger partial charge in [-0.1, -0.05) is 19.1 Å². The maximum atomic E-state index is 5.32. The van der Waals surface area contributed by atoms with Crippen LogP contribution in [0.5, 0.6) is 5.75 Å². The van der Waals surface area contributed by atoms with E-state index in [1.807, 2.05) is 13.0 Å². The van der Waals surface area contributed by atoms with Gasteiger partial charge >= 0.3 is 0 Å². The van der Waals surface area contributed by atoms with Crippen molar-refractivity contribution < 1.29 is 4.74 Å². The van der Waals surface area contributed by atoms with Crippen LogP contribution in [0.2, 0.25) is 0 Å². The number of benzene rings is 1. The zero-order valence-electron chi connectivity index (χ0n) is 8.74. The van der Waals surface area contributed by atoms with Crippen molar-refractivity contribution in [1.82, 2.24) is 0 Å². The molecule has 3 heteroatoms. The van der Waals surface area contributed by atoms with Crippen LogP contribution in [0.25, 0.3) is 0 Å². The number of nitrogens with zero attached hydrogens (tertiary/aromatic N) is 2. The van der Waals surface area contributed by atoms with Gasteiger partial charge in [0, 0.05) is 5.56 Å². The normalized spacial score (nSPS) is 16.8. The molecule has 1 aromatic rings. The van der Waals surface area contributed by atoms with E-state index in [0.29, 0.717) is 0 Å². The van der Waals surface area contributed by atoms with Gasteiger partial charge in [0.25, 0.3) is 0 Å². The van der Waals surface area contributed by atoms with Gasteiger partial charge in [0.15, 0.2) is 0 Å². The van der Waals surface area contributed by atoms with E-state index in [4.69, 9.17) is 4.74 Å². The summed E-state index contributed by atoms with van der Waals surface area (Å²) in [5, 5.41) is 8.01. The van der Waals surface area contributed by atoms with E-state index in [2.05, 4.69) is 29.3 Å². The number of hydrogen-bond donors (Lipinski definition) is 0. The fourth-order valence-electron chi connectivity index (χ4n) is 1.52. The van der Waals surface area contributed by atoms with Gasteiger partial charge in [-0.3, -0.25) is 0 Å². The van der Waals surface area contributed by atoms with Crippen LogP contribution in [0.3, 0.4) is 0 Å². The molecule has 0 radical (unpaired) electrons. The molecule has 3 nitrogen and oxygen atoms in total. The molecule has 0 amide bonds. The highest BCUT2D eigenvalue weighted by atomic mass is 16.5. The number of rotatable bonds is 3. The van der Waals surface area contributed by atoms with Crippen LogP contribution in [0.1, 0.15) is 25.0 Å². The van der Waals surface area contributed by atoms with Crippen molar-refractivity contribution in [3.63, 3.8) is 0 Å². The molecule has 0 unspecified atom stereocenters. The molecular weight excluding hydrogens is 176 g/mol. The SMILES string of the molecule is CCc1ccc(C2(C)N=N2)cc1OC. The summed E-state index contributed by atoms with van der Waals surface area (Å²) >= 11 is 0. The van der Waals surface area contributed by atoms with Gasteiger partial charge in [0.1, 0.15) is 5.75 Å². The van der Waals surface area contributed by atoms with Crippen LogP contribution in [-0.2, 0) is 12.1 Å². The highest BCUT2D eigenvalue weighted by Gasteiger charge is 2.36. The molecule has 2 rings (SSSR count). The van der Waals surface area contributed by atoms with Crippen LogP contribution < -0.4 is 4.74 Å². The largest absolute Gasteiger partial charge is 0.496 e. The molecule has 14 heavy (non-hydrogen) atoms. The van der Waals surface area contributed by atoms with Gasteiger partial charge in [0.05, 0.1) is 7.11 Å². The number of ether oxygens (including phenoxy) is 1. The van der Waals surface area contributed by atoms with Crippen molar-refractivity contribution >= 4 is 0 Å². The molecule has 0 fully saturated rings. The predicted molar refractivity (Wildman–Crippen MR) is 54.6 cm³/mol. The first-order valence-corrected chi connectivity index (χ1v) is 4.81. The lowest BCUT2D eigenvalue weighted by atomic mass is 10.0. The Labute approximate surface area is 83.8 Å². The molecule has 0 aliphatic carbocycles. The monoisotopic (exact) mass is 190 g/mol. The van der Waals surface area contributed by atoms with Gasteiger partial charge in [-0.25, -0.2) is 0 Å². The minimum atomic E-state index is -0.306. The van der Waals surface area contributed by atoms with Crippen LogP contribution in [0.15, 0.2) is 28.4 Å². The molecule has 0 saturated heterocycles. The van der Waals surface area contributed by atoms with Crippen molar-refractivity contribution in [2.45, 2.75) is 25.9 Å². The van der Waals surface area contributed by atoms with E-state index >= 15 is 0 Å². The summed E-state index contributed by atoms with van der Waals surface area (Å²) < 4.78 is 5.32. The lowest BCUT2D eigenvalue weighted by molar-refractivity contribution is 0.409. The zero-order chi connectivity index (χ0) is 10.2. The standard InChI is InChI=1S/C11H14N2O/c1-4-8-5-6-9(7-10(8)14-3)11(2)12-13-11/h5-7H,4H2,1-3H3. The fraction of sp³-hybridized carbons (Fsp3) is 0.455. The summed E-state index contributed by atoms with van der Waals surface area (Å²) in [5.41, 5.74) is 2.02. The molecule has 1 aliphatic heterocycles. The molecule has 0 saturated carbocycles. The number of methoxy groups -OCH3 is 1. The average Bonchev–Trinajstić information content (AvgIpc) is 2.97.